The number of hydrogen-bond donors (Lipinski definition) is 0. The van der Waals surface area contributed by atoms with Crippen molar-refractivity contribution in [1.82, 2.24) is 0 Å². The van der Waals surface area contributed by atoms with Crippen molar-refractivity contribution in [2.24, 2.45) is 0 Å². The van der Waals surface area contributed by atoms with Crippen LogP contribution in [-0.2, 0) is 9.53 Å². The highest BCUT2D eigenvalue weighted by atomic mass is 19.3. The number of Topliss-reactive ketones (excluding diaryl/α,β-unsaturated/α-hetero) is 1. The molecule has 0 aromatic heterocycles. The molecule has 1 rings (SSSR count). The molecule has 0 unspecified atom stereocenters. The van der Waals surface area contributed by atoms with E-state index in [-0.39, 0.29) is 5.78 Å². The number of hydrogen-bond acceptors (Lipinski definition) is 2. The van der Waals surface area contributed by atoms with E-state index in [9.17, 15) is 13.6 Å². The Hall–Kier alpha value is -0.510. The smallest absolute Gasteiger partial charge is 0.320 e. The molecule has 0 spiro atoms. The SMILES string of the molecule is O=C1CCC(OC(F)F)CC1. The molecule has 0 aromatic carbocycles. The summed E-state index contributed by atoms with van der Waals surface area (Å²) in [7, 11) is 0. The fourth-order valence-electron chi connectivity index (χ4n) is 1.19. The standard InChI is InChI=1S/C7H10F2O2/c8-7(9)11-6-3-1-5(10)2-4-6/h6-7H,1-4H2. The summed E-state index contributed by atoms with van der Waals surface area (Å²) in [4.78, 5) is 10.7. The van der Waals surface area contributed by atoms with Gasteiger partial charge in [0.15, 0.2) is 0 Å². The Bertz CT molecular complexity index is 137. The van der Waals surface area contributed by atoms with Crippen molar-refractivity contribution >= 4 is 5.78 Å². The van der Waals surface area contributed by atoms with E-state index in [1.54, 1.807) is 0 Å². The van der Waals surface area contributed by atoms with Gasteiger partial charge in [0.05, 0.1) is 6.10 Å². The Morgan fingerprint density at radius 3 is 2.36 bits per heavy atom. The first-order valence-electron chi connectivity index (χ1n) is 3.64. The first-order valence-corrected chi connectivity index (χ1v) is 3.64. The van der Waals surface area contributed by atoms with E-state index >= 15 is 0 Å². The summed E-state index contributed by atoms with van der Waals surface area (Å²) in [5.74, 6) is 0.152. The molecule has 1 saturated carbocycles. The first-order chi connectivity index (χ1) is 5.18. The topological polar surface area (TPSA) is 26.3 Å². The molecule has 0 aromatic rings. The Balaban J connectivity index is 2.22. The molecule has 0 heterocycles. The molecule has 1 fully saturated rings. The van der Waals surface area contributed by atoms with Crippen LogP contribution in [0.2, 0.25) is 0 Å². The molecule has 1 aliphatic carbocycles. The van der Waals surface area contributed by atoms with Crippen LogP contribution >= 0.6 is 0 Å². The molecule has 2 nitrogen and oxygen atoms in total. The van der Waals surface area contributed by atoms with Crippen molar-refractivity contribution in [3.05, 3.63) is 0 Å². The van der Waals surface area contributed by atoms with Gasteiger partial charge in [0.2, 0.25) is 0 Å². The second kappa shape index (κ2) is 3.76. The third-order valence-corrected chi connectivity index (χ3v) is 1.79. The lowest BCUT2D eigenvalue weighted by Gasteiger charge is -2.20. The van der Waals surface area contributed by atoms with Gasteiger partial charge in [-0.1, -0.05) is 0 Å². The van der Waals surface area contributed by atoms with Crippen LogP contribution in [0.1, 0.15) is 25.7 Å². The van der Waals surface area contributed by atoms with Gasteiger partial charge in [-0.15, -0.1) is 0 Å². The van der Waals surface area contributed by atoms with Gasteiger partial charge >= 0.3 is 6.61 Å². The molecule has 4 heteroatoms. The first kappa shape index (κ1) is 8.59. The van der Waals surface area contributed by atoms with E-state index in [1.165, 1.54) is 0 Å². The zero-order chi connectivity index (χ0) is 8.27. The molecule has 64 valence electrons. The Morgan fingerprint density at radius 2 is 1.91 bits per heavy atom. The van der Waals surface area contributed by atoms with Crippen LogP contribution < -0.4 is 0 Å². The molecule has 0 saturated heterocycles. The lowest BCUT2D eigenvalue weighted by molar-refractivity contribution is -0.171. The lowest BCUT2D eigenvalue weighted by atomic mass is 9.97. The highest BCUT2D eigenvalue weighted by Crippen LogP contribution is 2.19. The maximum absolute atomic E-state index is 11.6. The van der Waals surface area contributed by atoms with E-state index in [0.29, 0.717) is 25.7 Å². The van der Waals surface area contributed by atoms with Crippen LogP contribution in [0, 0.1) is 0 Å². The van der Waals surface area contributed by atoms with E-state index in [4.69, 9.17) is 0 Å². The molecule has 0 aliphatic heterocycles. The van der Waals surface area contributed by atoms with Crippen molar-refractivity contribution < 1.29 is 18.3 Å². The lowest BCUT2D eigenvalue weighted by Crippen LogP contribution is -2.23. The predicted molar refractivity (Wildman–Crippen MR) is 34.4 cm³/mol. The highest BCUT2D eigenvalue weighted by molar-refractivity contribution is 5.79. The number of carbonyl (C=O) groups excluding carboxylic acids is 1. The number of halogens is 2. The van der Waals surface area contributed by atoms with Gasteiger partial charge in [-0.2, -0.15) is 8.78 Å². The third-order valence-electron chi connectivity index (χ3n) is 1.79. The fraction of sp³-hybridized carbons (Fsp3) is 0.857. The summed E-state index contributed by atoms with van der Waals surface area (Å²) in [6.07, 6.45) is 1.26. The Labute approximate surface area is 63.5 Å². The fourth-order valence-corrected chi connectivity index (χ4v) is 1.19. The van der Waals surface area contributed by atoms with Crippen LogP contribution in [0.15, 0.2) is 0 Å². The van der Waals surface area contributed by atoms with Gasteiger partial charge in [0.1, 0.15) is 5.78 Å². The minimum Gasteiger partial charge on any atom is -0.320 e. The molecule has 0 bridgehead atoms. The van der Waals surface area contributed by atoms with E-state index < -0.39 is 12.7 Å². The highest BCUT2D eigenvalue weighted by Gasteiger charge is 2.21. The molecule has 0 N–H and O–H groups in total. The van der Waals surface area contributed by atoms with Crippen LogP contribution in [-0.4, -0.2) is 18.5 Å². The summed E-state index contributed by atoms with van der Waals surface area (Å²) < 4.78 is 27.5. The summed E-state index contributed by atoms with van der Waals surface area (Å²) in [6.45, 7) is -2.70. The van der Waals surface area contributed by atoms with Crippen LogP contribution in [0.5, 0.6) is 0 Å². The molecule has 0 amide bonds. The molecule has 0 atom stereocenters. The average Bonchev–Trinajstić information content (AvgIpc) is 1.93. The summed E-state index contributed by atoms with van der Waals surface area (Å²) >= 11 is 0. The second-order valence-corrected chi connectivity index (χ2v) is 2.63. The monoisotopic (exact) mass is 164 g/mol. The van der Waals surface area contributed by atoms with Crippen molar-refractivity contribution in [2.45, 2.75) is 38.4 Å². The van der Waals surface area contributed by atoms with Gasteiger partial charge in [-0.3, -0.25) is 4.79 Å². The van der Waals surface area contributed by atoms with Crippen molar-refractivity contribution in [2.75, 3.05) is 0 Å². The number of ketones is 1. The minimum atomic E-state index is -2.70. The van der Waals surface area contributed by atoms with Gasteiger partial charge < -0.3 is 4.74 Å². The van der Waals surface area contributed by atoms with Gasteiger partial charge in [-0.25, -0.2) is 0 Å². The summed E-state index contributed by atoms with van der Waals surface area (Å²) in [5.41, 5.74) is 0. The van der Waals surface area contributed by atoms with Crippen molar-refractivity contribution in [1.29, 1.82) is 0 Å². The second-order valence-electron chi connectivity index (χ2n) is 2.63. The maximum Gasteiger partial charge on any atom is 0.345 e. The molecule has 11 heavy (non-hydrogen) atoms. The van der Waals surface area contributed by atoms with Crippen molar-refractivity contribution in [3.8, 4) is 0 Å². The summed E-state index contributed by atoms with van der Waals surface area (Å²) in [6, 6.07) is 0. The molecule has 1 aliphatic rings. The van der Waals surface area contributed by atoms with Crippen molar-refractivity contribution in [3.63, 3.8) is 0 Å². The Morgan fingerprint density at radius 1 is 1.36 bits per heavy atom. The average molecular weight is 164 g/mol. The number of alkyl halides is 2. The number of ether oxygens (including phenoxy) is 1. The zero-order valence-corrected chi connectivity index (χ0v) is 6.06. The van der Waals surface area contributed by atoms with Crippen LogP contribution in [0.3, 0.4) is 0 Å². The van der Waals surface area contributed by atoms with Gasteiger partial charge in [0, 0.05) is 12.8 Å². The van der Waals surface area contributed by atoms with E-state index in [2.05, 4.69) is 4.74 Å². The maximum atomic E-state index is 11.6. The molecular weight excluding hydrogens is 154 g/mol. The number of rotatable bonds is 2. The van der Waals surface area contributed by atoms with Gasteiger partial charge in [0.25, 0.3) is 0 Å². The van der Waals surface area contributed by atoms with E-state index in [0.717, 1.165) is 0 Å². The predicted octanol–water partition coefficient (Wildman–Crippen LogP) is 1.74. The third kappa shape index (κ3) is 2.93. The molecule has 0 radical (unpaired) electrons. The van der Waals surface area contributed by atoms with Crippen LogP contribution in [0.25, 0.3) is 0 Å². The quantitative estimate of drug-likeness (QED) is 0.621. The normalized spacial score (nSPS) is 21.2. The number of carbonyl (C=O) groups is 1. The summed E-state index contributed by atoms with van der Waals surface area (Å²) in [5, 5.41) is 0. The van der Waals surface area contributed by atoms with Gasteiger partial charge in [-0.05, 0) is 12.8 Å². The zero-order valence-electron chi connectivity index (χ0n) is 6.06. The van der Waals surface area contributed by atoms with E-state index in [1.807, 2.05) is 0 Å². The van der Waals surface area contributed by atoms with Crippen LogP contribution in [0.4, 0.5) is 8.78 Å². The molecular formula is C7H10F2O2. The largest absolute Gasteiger partial charge is 0.345 e. The minimum absolute atomic E-state index is 0.152. The Kier molecular flexibility index (Phi) is 2.93.